The van der Waals surface area contributed by atoms with E-state index in [1.165, 1.54) is 0 Å². The van der Waals surface area contributed by atoms with Crippen LogP contribution in [0.3, 0.4) is 0 Å². The molecule has 1 saturated carbocycles. The van der Waals surface area contributed by atoms with Crippen molar-refractivity contribution in [3.8, 4) is 0 Å². The van der Waals surface area contributed by atoms with Gasteiger partial charge in [-0.15, -0.1) is 0 Å². The highest BCUT2D eigenvalue weighted by Gasteiger charge is 2.38. The standard InChI is InChI=1S/C15H16BrNO3S/c1-11-2-7-14(20-11)10-17(13-5-6-13)21(18,19)15-8-3-12(16)4-9-15/h2-4,7-9,13H,5-6,10H2,1H3. The molecule has 1 aromatic carbocycles. The lowest BCUT2D eigenvalue weighted by atomic mass is 10.4. The zero-order valence-electron chi connectivity index (χ0n) is 11.6. The topological polar surface area (TPSA) is 50.5 Å². The van der Waals surface area contributed by atoms with E-state index in [4.69, 9.17) is 4.42 Å². The smallest absolute Gasteiger partial charge is 0.243 e. The van der Waals surface area contributed by atoms with Crippen LogP contribution in [0.15, 0.2) is 50.2 Å². The molecule has 0 N–H and O–H groups in total. The Balaban J connectivity index is 1.90. The quantitative estimate of drug-likeness (QED) is 0.806. The van der Waals surface area contributed by atoms with Gasteiger partial charge in [-0.2, -0.15) is 4.31 Å². The van der Waals surface area contributed by atoms with Crippen LogP contribution in [-0.4, -0.2) is 18.8 Å². The normalized spacial score (nSPS) is 15.6. The van der Waals surface area contributed by atoms with Crippen molar-refractivity contribution in [1.29, 1.82) is 0 Å². The third-order valence-electron chi connectivity index (χ3n) is 3.48. The minimum atomic E-state index is -3.49. The van der Waals surface area contributed by atoms with E-state index in [0.29, 0.717) is 10.7 Å². The van der Waals surface area contributed by atoms with E-state index in [-0.39, 0.29) is 12.6 Å². The molecule has 1 aromatic heterocycles. The fourth-order valence-corrected chi connectivity index (χ4v) is 4.15. The van der Waals surface area contributed by atoms with Crippen LogP contribution < -0.4 is 0 Å². The molecule has 6 heteroatoms. The van der Waals surface area contributed by atoms with Gasteiger partial charge < -0.3 is 4.42 Å². The van der Waals surface area contributed by atoms with Gasteiger partial charge in [0.05, 0.1) is 11.4 Å². The SMILES string of the molecule is Cc1ccc(CN(C2CC2)S(=O)(=O)c2ccc(Br)cc2)o1. The van der Waals surface area contributed by atoms with Crippen LogP contribution in [-0.2, 0) is 16.6 Å². The Morgan fingerprint density at radius 3 is 2.38 bits per heavy atom. The summed E-state index contributed by atoms with van der Waals surface area (Å²) in [6.45, 7) is 2.14. The number of hydrogen-bond acceptors (Lipinski definition) is 3. The zero-order chi connectivity index (χ0) is 15.0. The van der Waals surface area contributed by atoms with E-state index in [0.717, 1.165) is 23.1 Å². The third-order valence-corrected chi connectivity index (χ3v) is 5.92. The van der Waals surface area contributed by atoms with Crippen molar-refractivity contribution >= 4 is 26.0 Å². The summed E-state index contributed by atoms with van der Waals surface area (Å²) in [4.78, 5) is 0.320. The Labute approximate surface area is 132 Å². The molecule has 1 aliphatic rings. The first-order valence-electron chi connectivity index (χ1n) is 6.79. The maximum absolute atomic E-state index is 12.8. The predicted octanol–water partition coefficient (Wildman–Crippen LogP) is 3.70. The highest BCUT2D eigenvalue weighted by Crippen LogP contribution is 2.34. The second-order valence-corrected chi connectivity index (χ2v) is 8.05. The molecule has 0 spiro atoms. The number of hydrogen-bond donors (Lipinski definition) is 0. The van der Waals surface area contributed by atoms with Crippen molar-refractivity contribution in [2.24, 2.45) is 0 Å². The van der Waals surface area contributed by atoms with Gasteiger partial charge in [-0.25, -0.2) is 8.42 Å². The lowest BCUT2D eigenvalue weighted by molar-refractivity contribution is 0.351. The van der Waals surface area contributed by atoms with Gasteiger partial charge in [-0.1, -0.05) is 15.9 Å². The van der Waals surface area contributed by atoms with Gasteiger partial charge in [0.15, 0.2) is 0 Å². The monoisotopic (exact) mass is 369 g/mol. The summed E-state index contributed by atoms with van der Waals surface area (Å²) < 4.78 is 33.6. The maximum atomic E-state index is 12.8. The van der Waals surface area contributed by atoms with Gasteiger partial charge >= 0.3 is 0 Å². The van der Waals surface area contributed by atoms with Crippen LogP contribution >= 0.6 is 15.9 Å². The molecule has 1 aliphatic carbocycles. The summed E-state index contributed by atoms with van der Waals surface area (Å²) in [5.74, 6) is 1.47. The van der Waals surface area contributed by atoms with Gasteiger partial charge in [0.2, 0.25) is 10.0 Å². The van der Waals surface area contributed by atoms with Crippen molar-refractivity contribution in [2.75, 3.05) is 0 Å². The highest BCUT2D eigenvalue weighted by atomic mass is 79.9. The van der Waals surface area contributed by atoms with Crippen molar-refractivity contribution in [1.82, 2.24) is 4.31 Å². The second kappa shape index (κ2) is 5.59. The van der Waals surface area contributed by atoms with Crippen molar-refractivity contribution in [3.05, 3.63) is 52.4 Å². The first-order chi connectivity index (χ1) is 9.96. The molecule has 4 nitrogen and oxygen atoms in total. The number of benzene rings is 1. The van der Waals surface area contributed by atoms with Crippen molar-refractivity contribution < 1.29 is 12.8 Å². The van der Waals surface area contributed by atoms with Crippen LogP contribution in [0.2, 0.25) is 0 Å². The number of furan rings is 1. The van der Waals surface area contributed by atoms with E-state index in [9.17, 15) is 8.42 Å². The minimum absolute atomic E-state index is 0.0871. The average molecular weight is 370 g/mol. The van der Waals surface area contributed by atoms with E-state index >= 15 is 0 Å². The van der Waals surface area contributed by atoms with Crippen molar-refractivity contribution in [3.63, 3.8) is 0 Å². The molecule has 3 rings (SSSR count). The lowest BCUT2D eigenvalue weighted by Gasteiger charge is -2.20. The van der Waals surface area contributed by atoms with Crippen LogP contribution in [0.5, 0.6) is 0 Å². The molecule has 1 fully saturated rings. The molecular formula is C15H16BrNO3S. The molecule has 2 aromatic rings. The summed E-state index contributed by atoms with van der Waals surface area (Å²) >= 11 is 3.32. The molecule has 0 saturated heterocycles. The van der Waals surface area contributed by atoms with Crippen LogP contribution in [0, 0.1) is 6.92 Å². The second-order valence-electron chi connectivity index (χ2n) is 5.25. The predicted molar refractivity (Wildman–Crippen MR) is 83.3 cm³/mol. The van der Waals surface area contributed by atoms with Gasteiger partial charge in [-0.05, 0) is 56.2 Å². The third kappa shape index (κ3) is 3.22. The van der Waals surface area contributed by atoms with Gasteiger partial charge in [0.25, 0.3) is 0 Å². The van der Waals surface area contributed by atoms with E-state index in [2.05, 4.69) is 15.9 Å². The summed E-state index contributed by atoms with van der Waals surface area (Å²) in [6.07, 6.45) is 1.82. The fraction of sp³-hybridized carbons (Fsp3) is 0.333. The summed E-state index contributed by atoms with van der Waals surface area (Å²) in [5.41, 5.74) is 0. The Hall–Kier alpha value is -1.11. The molecule has 21 heavy (non-hydrogen) atoms. The first-order valence-corrected chi connectivity index (χ1v) is 9.03. The van der Waals surface area contributed by atoms with Crippen LogP contribution in [0.4, 0.5) is 0 Å². The summed E-state index contributed by atoms with van der Waals surface area (Å²) in [6, 6.07) is 10.5. The molecular weight excluding hydrogens is 354 g/mol. The number of sulfonamides is 1. The number of nitrogens with zero attached hydrogens (tertiary/aromatic N) is 1. The largest absolute Gasteiger partial charge is 0.465 e. The minimum Gasteiger partial charge on any atom is -0.465 e. The molecule has 0 aliphatic heterocycles. The zero-order valence-corrected chi connectivity index (χ0v) is 14.0. The molecule has 0 radical (unpaired) electrons. The molecule has 0 atom stereocenters. The van der Waals surface area contributed by atoms with E-state index < -0.39 is 10.0 Å². The summed E-state index contributed by atoms with van der Waals surface area (Å²) in [5, 5.41) is 0. The average Bonchev–Trinajstić information content (AvgIpc) is 3.19. The number of aryl methyl sites for hydroxylation is 1. The van der Waals surface area contributed by atoms with Gasteiger partial charge in [0.1, 0.15) is 11.5 Å². The van der Waals surface area contributed by atoms with Gasteiger partial charge in [0, 0.05) is 10.5 Å². The Morgan fingerprint density at radius 2 is 1.86 bits per heavy atom. The molecule has 0 bridgehead atoms. The molecule has 0 unspecified atom stereocenters. The van der Waals surface area contributed by atoms with E-state index in [1.54, 1.807) is 28.6 Å². The van der Waals surface area contributed by atoms with Gasteiger partial charge in [-0.3, -0.25) is 0 Å². The van der Waals surface area contributed by atoms with Crippen molar-refractivity contribution in [2.45, 2.75) is 37.2 Å². The number of rotatable bonds is 5. The maximum Gasteiger partial charge on any atom is 0.243 e. The molecule has 1 heterocycles. The molecule has 112 valence electrons. The molecule has 0 amide bonds. The summed E-state index contributed by atoms with van der Waals surface area (Å²) in [7, 11) is -3.49. The highest BCUT2D eigenvalue weighted by molar-refractivity contribution is 9.10. The Kier molecular flexibility index (Phi) is 3.94. The Morgan fingerprint density at radius 1 is 1.19 bits per heavy atom. The fourth-order valence-electron chi connectivity index (χ4n) is 2.24. The van der Waals surface area contributed by atoms with E-state index in [1.807, 2.05) is 19.1 Å². The van der Waals surface area contributed by atoms with Crippen LogP contribution in [0.1, 0.15) is 24.4 Å². The first kappa shape index (κ1) is 14.8. The Bertz CT molecular complexity index is 733. The van der Waals surface area contributed by atoms with Crippen LogP contribution in [0.25, 0.3) is 0 Å². The number of halogens is 1. The lowest BCUT2D eigenvalue weighted by Crippen LogP contribution is -2.32.